The first kappa shape index (κ1) is 10.7. The molecule has 5 heteroatoms. The molecule has 0 aliphatic rings. The normalized spacial score (nSPS) is 10.4. The van der Waals surface area contributed by atoms with Crippen molar-refractivity contribution in [2.75, 3.05) is 0 Å². The molecule has 0 amide bonds. The van der Waals surface area contributed by atoms with E-state index in [2.05, 4.69) is 17.1 Å². The Labute approximate surface area is 82.7 Å². The van der Waals surface area contributed by atoms with Crippen LogP contribution in [0.2, 0.25) is 0 Å². The molecule has 0 aromatic carbocycles. The fraction of sp³-hybridized carbons (Fsp3) is 0.667. The van der Waals surface area contributed by atoms with Crippen molar-refractivity contribution < 1.29 is 4.92 Å². The van der Waals surface area contributed by atoms with Gasteiger partial charge in [0.05, 0.1) is 11.8 Å². The van der Waals surface area contributed by atoms with E-state index in [1.807, 2.05) is 0 Å². The van der Waals surface area contributed by atoms with E-state index in [1.165, 1.54) is 18.9 Å². The number of nitro groups is 1. The van der Waals surface area contributed by atoms with Gasteiger partial charge in [0, 0.05) is 0 Å². The van der Waals surface area contributed by atoms with Crippen LogP contribution in [-0.2, 0) is 6.42 Å². The van der Waals surface area contributed by atoms with E-state index in [1.54, 1.807) is 0 Å². The number of H-pyrrole nitrogens is 1. The van der Waals surface area contributed by atoms with Crippen molar-refractivity contribution in [3.8, 4) is 0 Å². The maximum Gasteiger partial charge on any atom is 0.342 e. The number of nitrogens with one attached hydrogen (secondary N) is 1. The molecule has 14 heavy (non-hydrogen) atoms. The van der Waals surface area contributed by atoms with E-state index < -0.39 is 4.92 Å². The van der Waals surface area contributed by atoms with Crippen LogP contribution in [-0.4, -0.2) is 15.1 Å². The van der Waals surface area contributed by atoms with E-state index in [0.717, 1.165) is 25.0 Å². The number of aromatic nitrogens is 2. The van der Waals surface area contributed by atoms with Gasteiger partial charge in [0.1, 0.15) is 0 Å². The Bertz CT molecular complexity index is 296. The zero-order chi connectivity index (χ0) is 10.4. The molecular weight excluding hydrogens is 182 g/mol. The lowest BCUT2D eigenvalue weighted by Crippen LogP contribution is -1.86. The van der Waals surface area contributed by atoms with Crippen LogP contribution in [0.15, 0.2) is 6.07 Å². The van der Waals surface area contributed by atoms with Crippen molar-refractivity contribution in [2.24, 2.45) is 0 Å². The van der Waals surface area contributed by atoms with Crippen LogP contribution in [0, 0.1) is 10.1 Å². The number of rotatable bonds is 6. The molecule has 1 rings (SSSR count). The van der Waals surface area contributed by atoms with Crippen molar-refractivity contribution in [3.05, 3.63) is 21.9 Å². The van der Waals surface area contributed by atoms with E-state index >= 15 is 0 Å². The summed E-state index contributed by atoms with van der Waals surface area (Å²) in [6, 6.07) is 1.51. The molecule has 0 spiro atoms. The van der Waals surface area contributed by atoms with Gasteiger partial charge in [-0.05, 0) is 17.8 Å². The fourth-order valence-electron chi connectivity index (χ4n) is 1.31. The molecule has 0 aliphatic heterocycles. The number of hydrogen-bond acceptors (Lipinski definition) is 3. The predicted octanol–water partition coefficient (Wildman–Crippen LogP) is 2.44. The Morgan fingerprint density at radius 3 is 2.86 bits per heavy atom. The summed E-state index contributed by atoms with van der Waals surface area (Å²) in [4.78, 5) is 9.87. The summed E-state index contributed by atoms with van der Waals surface area (Å²) in [5, 5.41) is 16.6. The average Bonchev–Trinajstić information content (AvgIpc) is 2.61. The van der Waals surface area contributed by atoms with Crippen LogP contribution in [0.3, 0.4) is 0 Å². The first-order chi connectivity index (χ1) is 6.74. The molecule has 1 heterocycles. The molecule has 0 saturated carbocycles. The molecule has 0 aliphatic carbocycles. The fourth-order valence-corrected chi connectivity index (χ4v) is 1.31. The number of nitrogens with zero attached hydrogens (tertiary/aromatic N) is 2. The minimum atomic E-state index is -0.456. The lowest BCUT2D eigenvalue weighted by molar-refractivity contribution is -0.389. The molecule has 1 aromatic rings. The number of hydrogen-bond donors (Lipinski definition) is 1. The minimum absolute atomic E-state index is 0.0181. The van der Waals surface area contributed by atoms with Crippen LogP contribution in [0.1, 0.15) is 38.3 Å². The van der Waals surface area contributed by atoms with Gasteiger partial charge >= 0.3 is 5.82 Å². The van der Waals surface area contributed by atoms with Crippen LogP contribution >= 0.6 is 0 Å². The molecule has 1 aromatic heterocycles. The molecule has 0 saturated heterocycles. The monoisotopic (exact) mass is 197 g/mol. The summed E-state index contributed by atoms with van der Waals surface area (Å²) in [7, 11) is 0. The zero-order valence-electron chi connectivity index (χ0n) is 8.32. The quantitative estimate of drug-likeness (QED) is 0.432. The Morgan fingerprint density at radius 1 is 1.50 bits per heavy atom. The first-order valence-electron chi connectivity index (χ1n) is 4.92. The highest BCUT2D eigenvalue weighted by molar-refractivity contribution is 5.20. The molecule has 5 nitrogen and oxygen atoms in total. The largest absolute Gasteiger partial charge is 0.358 e. The molecular formula is C9H15N3O2. The molecule has 1 N–H and O–H groups in total. The maximum atomic E-state index is 10.3. The highest BCUT2D eigenvalue weighted by Crippen LogP contribution is 2.11. The highest BCUT2D eigenvalue weighted by atomic mass is 16.6. The smallest absolute Gasteiger partial charge is 0.342 e. The number of aromatic amines is 1. The predicted molar refractivity (Wildman–Crippen MR) is 53.1 cm³/mol. The van der Waals surface area contributed by atoms with E-state index in [9.17, 15) is 10.1 Å². The Hall–Kier alpha value is -1.39. The molecule has 0 bridgehead atoms. The van der Waals surface area contributed by atoms with Gasteiger partial charge in [0.2, 0.25) is 0 Å². The van der Waals surface area contributed by atoms with Crippen LogP contribution < -0.4 is 0 Å². The third-order valence-electron chi connectivity index (χ3n) is 2.10. The first-order valence-corrected chi connectivity index (χ1v) is 4.92. The van der Waals surface area contributed by atoms with Crippen molar-refractivity contribution in [3.63, 3.8) is 0 Å². The maximum absolute atomic E-state index is 10.3. The van der Waals surface area contributed by atoms with Gasteiger partial charge in [0.15, 0.2) is 0 Å². The Balaban J connectivity index is 2.33. The topological polar surface area (TPSA) is 71.8 Å². The molecule has 0 atom stereocenters. The van der Waals surface area contributed by atoms with E-state index in [4.69, 9.17) is 0 Å². The number of unbranched alkanes of at least 4 members (excludes halogenated alkanes) is 3. The van der Waals surface area contributed by atoms with E-state index in [0.29, 0.717) is 0 Å². The second-order valence-corrected chi connectivity index (χ2v) is 3.31. The van der Waals surface area contributed by atoms with Gasteiger partial charge < -0.3 is 10.1 Å². The molecule has 0 fully saturated rings. The number of aryl methyl sites for hydroxylation is 1. The summed E-state index contributed by atoms with van der Waals surface area (Å²) in [6.45, 7) is 2.15. The lowest BCUT2D eigenvalue weighted by Gasteiger charge is -1.94. The summed E-state index contributed by atoms with van der Waals surface area (Å²) in [5.41, 5.74) is 0.785. The van der Waals surface area contributed by atoms with Gasteiger partial charge in [0.25, 0.3) is 0 Å². The Morgan fingerprint density at radius 2 is 2.29 bits per heavy atom. The third kappa shape index (κ3) is 3.16. The third-order valence-corrected chi connectivity index (χ3v) is 2.10. The SMILES string of the molecule is CCCCCCc1cc([N+](=O)[O-])[nH]n1. The second-order valence-electron chi connectivity index (χ2n) is 3.31. The van der Waals surface area contributed by atoms with Crippen molar-refractivity contribution in [1.29, 1.82) is 0 Å². The van der Waals surface area contributed by atoms with Gasteiger partial charge in [-0.2, -0.15) is 0 Å². The van der Waals surface area contributed by atoms with Crippen LogP contribution in [0.25, 0.3) is 0 Å². The van der Waals surface area contributed by atoms with Crippen molar-refractivity contribution in [2.45, 2.75) is 39.0 Å². The van der Waals surface area contributed by atoms with Gasteiger partial charge in [-0.3, -0.25) is 0 Å². The van der Waals surface area contributed by atoms with Gasteiger partial charge in [-0.25, -0.2) is 0 Å². The molecule has 0 radical (unpaired) electrons. The van der Waals surface area contributed by atoms with Gasteiger partial charge in [-0.1, -0.05) is 31.3 Å². The summed E-state index contributed by atoms with van der Waals surface area (Å²) in [5.74, 6) is -0.0181. The van der Waals surface area contributed by atoms with Crippen LogP contribution in [0.4, 0.5) is 5.82 Å². The molecule has 0 unspecified atom stereocenters. The average molecular weight is 197 g/mol. The summed E-state index contributed by atoms with van der Waals surface area (Å²) < 4.78 is 0. The molecule has 78 valence electrons. The summed E-state index contributed by atoms with van der Waals surface area (Å²) in [6.07, 6.45) is 5.45. The zero-order valence-corrected chi connectivity index (χ0v) is 8.32. The minimum Gasteiger partial charge on any atom is -0.358 e. The summed E-state index contributed by atoms with van der Waals surface area (Å²) >= 11 is 0. The van der Waals surface area contributed by atoms with Crippen molar-refractivity contribution in [1.82, 2.24) is 10.2 Å². The standard InChI is InChI=1S/C9H15N3O2/c1-2-3-4-5-6-8-7-9(11-10-8)12(13)14/h7H,2-6H2,1H3,(H,10,11). The Kier molecular flexibility index (Phi) is 4.10. The highest BCUT2D eigenvalue weighted by Gasteiger charge is 2.08. The van der Waals surface area contributed by atoms with Crippen LogP contribution in [0.5, 0.6) is 0 Å². The van der Waals surface area contributed by atoms with E-state index in [-0.39, 0.29) is 5.82 Å². The lowest BCUT2D eigenvalue weighted by atomic mass is 10.1. The second kappa shape index (κ2) is 5.36. The van der Waals surface area contributed by atoms with Gasteiger partial charge in [-0.15, -0.1) is 5.10 Å². The van der Waals surface area contributed by atoms with Crippen molar-refractivity contribution >= 4 is 5.82 Å².